The number of hydrogen-bond acceptors (Lipinski definition) is 5. The lowest BCUT2D eigenvalue weighted by Crippen LogP contribution is -2.24. The smallest absolute Gasteiger partial charge is 0.142 e. The number of aliphatic imine (C=N–C) groups is 1. The quantitative estimate of drug-likeness (QED) is 0.784. The first kappa shape index (κ1) is 14.0. The van der Waals surface area contributed by atoms with Gasteiger partial charge in [0, 0.05) is 12.5 Å². The fraction of sp³-hybridized carbons (Fsp3) is 0.267. The molecule has 3 N–H and O–H groups in total. The molecule has 0 heterocycles. The van der Waals surface area contributed by atoms with E-state index < -0.39 is 0 Å². The molecule has 1 aliphatic rings. The van der Waals surface area contributed by atoms with Gasteiger partial charge in [0.1, 0.15) is 11.5 Å². The summed E-state index contributed by atoms with van der Waals surface area (Å²) in [5.74, 6) is 0.664. The van der Waals surface area contributed by atoms with Gasteiger partial charge in [-0.15, -0.1) is 0 Å². The zero-order valence-corrected chi connectivity index (χ0v) is 11.3. The van der Waals surface area contributed by atoms with E-state index in [0.29, 0.717) is 35.2 Å². The monoisotopic (exact) mass is 271 g/mol. The molecule has 0 saturated heterocycles. The average Bonchev–Trinajstić information content (AvgIpc) is 2.43. The van der Waals surface area contributed by atoms with Crippen molar-refractivity contribution >= 4 is 22.8 Å². The molecule has 1 aliphatic carbocycles. The summed E-state index contributed by atoms with van der Waals surface area (Å²) in [5.41, 5.74) is 1.76. The van der Waals surface area contributed by atoms with Gasteiger partial charge in [-0.1, -0.05) is 6.92 Å². The first-order chi connectivity index (χ1) is 9.60. The van der Waals surface area contributed by atoms with Gasteiger partial charge in [-0.3, -0.25) is 0 Å². The minimum absolute atomic E-state index is 0.178. The molecule has 1 aromatic rings. The lowest BCUT2D eigenvalue weighted by atomic mass is 10.00. The van der Waals surface area contributed by atoms with Crippen LogP contribution >= 0.6 is 0 Å². The molecule has 0 unspecified atom stereocenters. The van der Waals surface area contributed by atoms with Crippen LogP contribution in [0.1, 0.15) is 19.8 Å². The van der Waals surface area contributed by atoms with E-state index >= 15 is 0 Å². The molecule has 0 amide bonds. The summed E-state index contributed by atoms with van der Waals surface area (Å²) in [5, 5.41) is 25.0. The summed E-state index contributed by atoms with van der Waals surface area (Å²) in [4.78, 5) is 4.36. The number of rotatable bonds is 4. The zero-order valence-electron chi connectivity index (χ0n) is 11.3. The molecule has 5 nitrogen and oxygen atoms in total. The first-order valence-corrected chi connectivity index (χ1v) is 6.48. The minimum Gasteiger partial charge on any atom is -0.508 e. The normalized spacial score (nSPS) is 17.2. The second-order valence-corrected chi connectivity index (χ2v) is 4.50. The van der Waals surface area contributed by atoms with Crippen LogP contribution in [0.2, 0.25) is 0 Å². The van der Waals surface area contributed by atoms with Crippen molar-refractivity contribution in [2.45, 2.75) is 19.8 Å². The number of hydrogen-bond donors (Lipinski definition) is 3. The van der Waals surface area contributed by atoms with Crippen molar-refractivity contribution in [1.29, 1.82) is 10.8 Å². The highest BCUT2D eigenvalue weighted by Crippen LogP contribution is 2.20. The molecule has 104 valence electrons. The molecule has 5 heteroatoms. The Bertz CT molecular complexity index is 586. The largest absolute Gasteiger partial charge is 0.508 e. The van der Waals surface area contributed by atoms with Crippen molar-refractivity contribution in [2.75, 3.05) is 6.61 Å². The summed E-state index contributed by atoms with van der Waals surface area (Å²) in [6.45, 7) is 2.55. The Labute approximate surface area is 117 Å². The Hall–Kier alpha value is -2.43. The second-order valence-electron chi connectivity index (χ2n) is 4.50. The van der Waals surface area contributed by atoms with Gasteiger partial charge in [-0.05, 0) is 30.7 Å². The number of ether oxygens (including phenoxy) is 1. The molecule has 1 aromatic carbocycles. The topological polar surface area (TPSA) is 89.5 Å². The minimum atomic E-state index is 0.178. The van der Waals surface area contributed by atoms with Crippen LogP contribution in [0.3, 0.4) is 0 Å². The molecule has 20 heavy (non-hydrogen) atoms. The highest BCUT2D eigenvalue weighted by molar-refractivity contribution is 6.51. The third-order valence-corrected chi connectivity index (χ3v) is 2.79. The molecule has 0 atom stereocenters. The number of allylic oxidation sites excluding steroid dienone is 2. The summed E-state index contributed by atoms with van der Waals surface area (Å²) in [7, 11) is 0. The van der Waals surface area contributed by atoms with Crippen molar-refractivity contribution in [3.63, 3.8) is 0 Å². The van der Waals surface area contributed by atoms with Crippen LogP contribution in [-0.4, -0.2) is 28.8 Å². The van der Waals surface area contributed by atoms with Crippen LogP contribution < -0.4 is 0 Å². The van der Waals surface area contributed by atoms with Crippen molar-refractivity contribution in [2.24, 2.45) is 4.99 Å². The van der Waals surface area contributed by atoms with Crippen LogP contribution in [0.4, 0.5) is 5.69 Å². The molecule has 0 saturated carbocycles. The highest BCUT2D eigenvalue weighted by atomic mass is 16.5. The molecule has 2 rings (SSSR count). The zero-order chi connectivity index (χ0) is 14.5. The van der Waals surface area contributed by atoms with Crippen LogP contribution in [-0.2, 0) is 4.74 Å². The molecule has 0 bridgehead atoms. The Balaban J connectivity index is 2.28. The van der Waals surface area contributed by atoms with E-state index in [1.54, 1.807) is 30.3 Å². The van der Waals surface area contributed by atoms with E-state index in [2.05, 4.69) is 4.99 Å². The fourth-order valence-corrected chi connectivity index (χ4v) is 1.76. The van der Waals surface area contributed by atoms with E-state index in [9.17, 15) is 5.11 Å². The van der Waals surface area contributed by atoms with Gasteiger partial charge in [-0.25, -0.2) is 4.99 Å². The van der Waals surface area contributed by atoms with Crippen molar-refractivity contribution in [3.8, 4) is 5.75 Å². The third kappa shape index (κ3) is 3.32. The predicted octanol–water partition coefficient (Wildman–Crippen LogP) is 3.22. The molecule has 0 aliphatic heterocycles. The average molecular weight is 271 g/mol. The standard InChI is InChI=1S/C15H17N3O2/c1-2-7-20-15-9-14(12(16)8-13(15)17)18-10-3-5-11(19)6-4-10/h3-6,9,16-17,19H,2,7-8H2,1H3. The number of phenolic OH excluding ortho intramolecular Hbond substituents is 1. The van der Waals surface area contributed by atoms with E-state index in [-0.39, 0.29) is 12.2 Å². The number of aromatic hydroxyl groups is 1. The molecule has 0 radical (unpaired) electrons. The predicted molar refractivity (Wildman–Crippen MR) is 79.6 cm³/mol. The van der Waals surface area contributed by atoms with E-state index in [1.807, 2.05) is 6.92 Å². The number of benzene rings is 1. The van der Waals surface area contributed by atoms with Crippen LogP contribution in [0, 0.1) is 10.8 Å². The summed E-state index contributed by atoms with van der Waals surface area (Å²) < 4.78 is 5.50. The Morgan fingerprint density at radius 1 is 1.20 bits per heavy atom. The summed E-state index contributed by atoms with van der Waals surface area (Å²) in [6.07, 6.45) is 2.73. The molecule has 0 fully saturated rings. The second kappa shape index (κ2) is 6.14. The lowest BCUT2D eigenvalue weighted by molar-refractivity contribution is 0.231. The van der Waals surface area contributed by atoms with Gasteiger partial charge in [0.05, 0.1) is 29.4 Å². The molecule has 0 aromatic heterocycles. The van der Waals surface area contributed by atoms with Crippen LogP contribution in [0.15, 0.2) is 41.1 Å². The van der Waals surface area contributed by atoms with Gasteiger partial charge in [0.15, 0.2) is 0 Å². The van der Waals surface area contributed by atoms with Gasteiger partial charge >= 0.3 is 0 Å². The molecular formula is C15H17N3O2. The van der Waals surface area contributed by atoms with Gasteiger partial charge in [0.25, 0.3) is 0 Å². The maximum absolute atomic E-state index is 9.24. The fourth-order valence-electron chi connectivity index (χ4n) is 1.76. The van der Waals surface area contributed by atoms with Crippen molar-refractivity contribution < 1.29 is 9.84 Å². The molecule has 0 spiro atoms. The van der Waals surface area contributed by atoms with Gasteiger partial charge in [-0.2, -0.15) is 0 Å². The highest BCUT2D eigenvalue weighted by Gasteiger charge is 2.20. The summed E-state index contributed by atoms with van der Waals surface area (Å²) in [6, 6.07) is 6.45. The molecular weight excluding hydrogens is 254 g/mol. The van der Waals surface area contributed by atoms with Crippen LogP contribution in [0.5, 0.6) is 5.75 Å². The van der Waals surface area contributed by atoms with E-state index in [4.69, 9.17) is 15.6 Å². The SMILES string of the molecule is CCCOC1=CC(=Nc2ccc(O)cc2)C(=N)CC1=N. The Morgan fingerprint density at radius 2 is 1.90 bits per heavy atom. The van der Waals surface area contributed by atoms with Crippen LogP contribution in [0.25, 0.3) is 0 Å². The lowest BCUT2D eigenvalue weighted by Gasteiger charge is -2.17. The maximum atomic E-state index is 9.24. The summed E-state index contributed by atoms with van der Waals surface area (Å²) >= 11 is 0. The van der Waals surface area contributed by atoms with Crippen molar-refractivity contribution in [3.05, 3.63) is 36.1 Å². The maximum Gasteiger partial charge on any atom is 0.142 e. The van der Waals surface area contributed by atoms with Gasteiger partial charge in [0.2, 0.25) is 0 Å². The number of nitrogens with one attached hydrogen (secondary N) is 2. The Kier molecular flexibility index (Phi) is 4.30. The van der Waals surface area contributed by atoms with Crippen molar-refractivity contribution in [1.82, 2.24) is 0 Å². The van der Waals surface area contributed by atoms with E-state index in [0.717, 1.165) is 6.42 Å². The van der Waals surface area contributed by atoms with E-state index in [1.165, 1.54) is 0 Å². The number of nitrogens with zero attached hydrogens (tertiary/aromatic N) is 1. The van der Waals surface area contributed by atoms with Gasteiger partial charge < -0.3 is 20.7 Å². The number of phenols is 1. The Morgan fingerprint density at radius 3 is 2.55 bits per heavy atom. The third-order valence-electron chi connectivity index (χ3n) is 2.79. The first-order valence-electron chi connectivity index (χ1n) is 6.48.